The summed E-state index contributed by atoms with van der Waals surface area (Å²) in [5.41, 5.74) is 2.25. The first-order valence-corrected chi connectivity index (χ1v) is 9.45. The van der Waals surface area contributed by atoms with Crippen LogP contribution in [0.1, 0.15) is 19.4 Å². The van der Waals surface area contributed by atoms with Crippen LogP contribution in [0.3, 0.4) is 0 Å². The molecule has 0 fully saturated rings. The number of carbonyl (C=O) groups is 1. The van der Waals surface area contributed by atoms with Crippen molar-refractivity contribution in [2.24, 2.45) is 7.05 Å². The molecule has 0 N–H and O–H groups in total. The van der Waals surface area contributed by atoms with Crippen LogP contribution in [0.25, 0.3) is 11.6 Å². The van der Waals surface area contributed by atoms with Gasteiger partial charge < -0.3 is 13.9 Å². The largest absolute Gasteiger partial charge is 0.461 e. The first-order valence-electron chi connectivity index (χ1n) is 8.57. The number of hydrogen-bond donors (Lipinski definition) is 0. The second-order valence-electron chi connectivity index (χ2n) is 6.49. The Bertz CT molecular complexity index is 935. The number of nitrogens with zero attached hydrogens (tertiary/aromatic N) is 4. The standard InChI is InChI=1S/C19H20N4O2S/c1-12-11-14-7-4-5-8-15(14)23(12)18(24)13(2)26-19-21-20-17(22(19)3)16-9-6-10-25-16/h4-10,12-13H,11H2,1-3H3/t12-,13+/m1/s1. The van der Waals surface area contributed by atoms with Gasteiger partial charge in [0, 0.05) is 18.8 Å². The molecular formula is C19H20N4O2S. The van der Waals surface area contributed by atoms with Gasteiger partial charge in [-0.2, -0.15) is 0 Å². The number of benzene rings is 1. The highest BCUT2D eigenvalue weighted by atomic mass is 32.2. The van der Waals surface area contributed by atoms with Gasteiger partial charge in [-0.15, -0.1) is 10.2 Å². The van der Waals surface area contributed by atoms with Crippen molar-refractivity contribution >= 4 is 23.4 Å². The van der Waals surface area contributed by atoms with Crippen molar-refractivity contribution in [3.63, 3.8) is 0 Å². The highest BCUT2D eigenvalue weighted by molar-refractivity contribution is 8.00. The molecule has 3 heterocycles. The van der Waals surface area contributed by atoms with E-state index in [1.165, 1.54) is 17.3 Å². The van der Waals surface area contributed by atoms with Gasteiger partial charge in [0.15, 0.2) is 16.7 Å². The number of anilines is 1. The van der Waals surface area contributed by atoms with E-state index in [-0.39, 0.29) is 17.2 Å². The van der Waals surface area contributed by atoms with Gasteiger partial charge in [0.2, 0.25) is 5.91 Å². The molecule has 2 atom stereocenters. The minimum Gasteiger partial charge on any atom is -0.461 e. The van der Waals surface area contributed by atoms with E-state index in [1.807, 2.05) is 53.8 Å². The lowest BCUT2D eigenvalue weighted by atomic mass is 10.1. The molecule has 3 aromatic rings. The Morgan fingerprint density at radius 1 is 1.27 bits per heavy atom. The second kappa shape index (κ2) is 6.64. The van der Waals surface area contributed by atoms with Crippen LogP contribution in [0.2, 0.25) is 0 Å². The maximum Gasteiger partial charge on any atom is 0.240 e. The summed E-state index contributed by atoms with van der Waals surface area (Å²) in [7, 11) is 1.88. The Labute approximate surface area is 156 Å². The van der Waals surface area contributed by atoms with Crippen molar-refractivity contribution in [3.8, 4) is 11.6 Å². The Morgan fingerprint density at radius 2 is 2.08 bits per heavy atom. The number of thioether (sulfide) groups is 1. The van der Waals surface area contributed by atoms with E-state index in [4.69, 9.17) is 4.42 Å². The van der Waals surface area contributed by atoms with Gasteiger partial charge in [0.1, 0.15) is 0 Å². The summed E-state index contributed by atoms with van der Waals surface area (Å²) in [6, 6.07) is 11.9. The van der Waals surface area contributed by atoms with E-state index < -0.39 is 0 Å². The van der Waals surface area contributed by atoms with Crippen LogP contribution in [0.4, 0.5) is 5.69 Å². The van der Waals surface area contributed by atoms with Crippen molar-refractivity contribution in [2.75, 3.05) is 4.90 Å². The van der Waals surface area contributed by atoms with E-state index in [0.717, 1.165) is 12.1 Å². The SMILES string of the molecule is C[C@H](Sc1nnc(-c2ccco2)n1C)C(=O)N1c2ccccc2C[C@H]1C. The van der Waals surface area contributed by atoms with E-state index in [0.29, 0.717) is 16.7 Å². The molecule has 2 aromatic heterocycles. The van der Waals surface area contributed by atoms with E-state index in [2.05, 4.69) is 23.2 Å². The molecular weight excluding hydrogens is 348 g/mol. The number of amides is 1. The third-order valence-electron chi connectivity index (χ3n) is 4.65. The fourth-order valence-electron chi connectivity index (χ4n) is 3.34. The van der Waals surface area contributed by atoms with Crippen LogP contribution in [-0.4, -0.2) is 32.0 Å². The van der Waals surface area contributed by atoms with E-state index in [9.17, 15) is 4.79 Å². The molecule has 0 spiro atoms. The van der Waals surface area contributed by atoms with Crippen molar-refractivity contribution in [1.29, 1.82) is 0 Å². The molecule has 0 unspecified atom stereocenters. The monoisotopic (exact) mass is 368 g/mol. The summed E-state index contributed by atoms with van der Waals surface area (Å²) in [6.45, 7) is 4.01. The maximum absolute atomic E-state index is 13.1. The number of hydrogen-bond acceptors (Lipinski definition) is 5. The Morgan fingerprint density at radius 3 is 2.85 bits per heavy atom. The van der Waals surface area contributed by atoms with Crippen LogP contribution in [-0.2, 0) is 18.3 Å². The fraction of sp³-hybridized carbons (Fsp3) is 0.316. The van der Waals surface area contributed by atoms with Crippen LogP contribution in [0, 0.1) is 0 Å². The third-order valence-corrected chi connectivity index (χ3v) is 5.77. The summed E-state index contributed by atoms with van der Waals surface area (Å²) in [6.07, 6.45) is 2.50. The minimum absolute atomic E-state index is 0.0926. The smallest absolute Gasteiger partial charge is 0.240 e. The van der Waals surface area contributed by atoms with Gasteiger partial charge in [-0.3, -0.25) is 4.79 Å². The normalized spacial score (nSPS) is 17.3. The molecule has 4 rings (SSSR count). The topological polar surface area (TPSA) is 64.2 Å². The molecule has 0 saturated carbocycles. The minimum atomic E-state index is -0.268. The van der Waals surface area contributed by atoms with Crippen LogP contribution < -0.4 is 4.90 Å². The van der Waals surface area contributed by atoms with Crippen LogP contribution in [0.5, 0.6) is 0 Å². The van der Waals surface area contributed by atoms with Gasteiger partial charge in [-0.1, -0.05) is 30.0 Å². The number of carbonyl (C=O) groups excluding carboxylic acids is 1. The summed E-state index contributed by atoms with van der Waals surface area (Å²) in [4.78, 5) is 15.0. The summed E-state index contributed by atoms with van der Waals surface area (Å²) in [5.74, 6) is 1.40. The van der Waals surface area contributed by atoms with Gasteiger partial charge in [0.05, 0.1) is 11.5 Å². The zero-order valence-electron chi connectivity index (χ0n) is 14.9. The van der Waals surface area contributed by atoms with Gasteiger partial charge >= 0.3 is 0 Å². The van der Waals surface area contributed by atoms with Gasteiger partial charge in [0.25, 0.3) is 0 Å². The number of furan rings is 1. The molecule has 134 valence electrons. The molecule has 6 nitrogen and oxygen atoms in total. The van der Waals surface area contributed by atoms with Crippen molar-refractivity contribution in [2.45, 2.75) is 36.7 Å². The predicted molar refractivity (Wildman–Crippen MR) is 101 cm³/mol. The third kappa shape index (κ3) is 2.82. The summed E-state index contributed by atoms with van der Waals surface area (Å²) >= 11 is 1.42. The lowest BCUT2D eigenvalue weighted by molar-refractivity contribution is -0.118. The van der Waals surface area contributed by atoms with Gasteiger partial charge in [-0.25, -0.2) is 0 Å². The summed E-state index contributed by atoms with van der Waals surface area (Å²) in [5, 5.41) is 8.85. The average Bonchev–Trinajstić information content (AvgIpc) is 3.33. The first kappa shape index (κ1) is 16.9. The molecule has 7 heteroatoms. The number of fused-ring (bicyclic) bond motifs is 1. The maximum atomic E-state index is 13.1. The lowest BCUT2D eigenvalue weighted by Crippen LogP contribution is -2.40. The van der Waals surface area contributed by atoms with E-state index in [1.54, 1.807) is 6.26 Å². The van der Waals surface area contributed by atoms with Gasteiger partial charge in [-0.05, 0) is 44.0 Å². The van der Waals surface area contributed by atoms with Crippen molar-refractivity contribution < 1.29 is 9.21 Å². The number of para-hydroxylation sites is 1. The molecule has 1 aliphatic heterocycles. The van der Waals surface area contributed by atoms with Crippen molar-refractivity contribution in [1.82, 2.24) is 14.8 Å². The lowest BCUT2D eigenvalue weighted by Gasteiger charge is -2.25. The molecule has 0 aliphatic carbocycles. The highest BCUT2D eigenvalue weighted by Crippen LogP contribution is 2.35. The molecule has 0 bridgehead atoms. The zero-order valence-corrected chi connectivity index (χ0v) is 15.7. The number of rotatable bonds is 4. The van der Waals surface area contributed by atoms with Crippen LogP contribution in [0.15, 0.2) is 52.2 Å². The summed E-state index contributed by atoms with van der Waals surface area (Å²) < 4.78 is 7.25. The van der Waals surface area contributed by atoms with Crippen LogP contribution >= 0.6 is 11.8 Å². The highest BCUT2D eigenvalue weighted by Gasteiger charge is 2.34. The Hall–Kier alpha value is -2.54. The Kier molecular flexibility index (Phi) is 4.32. The molecule has 1 aliphatic rings. The molecule has 0 saturated heterocycles. The van der Waals surface area contributed by atoms with E-state index >= 15 is 0 Å². The zero-order chi connectivity index (χ0) is 18.3. The first-order chi connectivity index (χ1) is 12.6. The molecule has 1 amide bonds. The number of aromatic nitrogens is 3. The second-order valence-corrected chi connectivity index (χ2v) is 7.80. The Balaban J connectivity index is 1.54. The molecule has 0 radical (unpaired) electrons. The van der Waals surface area contributed by atoms with Crippen molar-refractivity contribution in [3.05, 3.63) is 48.2 Å². The fourth-order valence-corrected chi connectivity index (χ4v) is 4.21. The molecule has 26 heavy (non-hydrogen) atoms. The molecule has 1 aromatic carbocycles. The average molecular weight is 368 g/mol. The quantitative estimate of drug-likeness (QED) is 0.659. The predicted octanol–water partition coefficient (Wildman–Crippen LogP) is 3.53.